The van der Waals surface area contributed by atoms with Gasteiger partial charge in [0.15, 0.2) is 0 Å². The topological polar surface area (TPSA) is 119 Å². The van der Waals surface area contributed by atoms with Crippen LogP contribution in [0.4, 0.5) is 0 Å². The van der Waals surface area contributed by atoms with E-state index in [0.717, 1.165) is 22.3 Å². The van der Waals surface area contributed by atoms with Crippen molar-refractivity contribution in [2.75, 3.05) is 6.61 Å². The van der Waals surface area contributed by atoms with Crippen LogP contribution in [0.15, 0.2) is 79.1 Å². The molecule has 1 aliphatic rings. The first-order chi connectivity index (χ1) is 19.9. The minimum Gasteiger partial charge on any atom is -0.488 e. The van der Waals surface area contributed by atoms with Crippen LogP contribution in [-0.2, 0) is 29.4 Å². The lowest BCUT2D eigenvalue weighted by molar-refractivity contribution is -0.141. The molecular formula is C31H28ClN3O6. The van der Waals surface area contributed by atoms with Gasteiger partial charge in [-0.15, -0.1) is 0 Å². The summed E-state index contributed by atoms with van der Waals surface area (Å²) >= 11 is 6.63. The molecule has 0 aliphatic carbocycles. The zero-order valence-corrected chi connectivity index (χ0v) is 23.0. The van der Waals surface area contributed by atoms with Crippen LogP contribution >= 0.6 is 11.6 Å². The number of carboxylic acid groups (broad SMARTS) is 1. The second kappa shape index (κ2) is 12.8. The van der Waals surface area contributed by atoms with Crippen molar-refractivity contribution in [2.45, 2.75) is 32.7 Å². The summed E-state index contributed by atoms with van der Waals surface area (Å²) in [4.78, 5) is 33.4. The highest BCUT2D eigenvalue weighted by molar-refractivity contribution is 6.32. The summed E-state index contributed by atoms with van der Waals surface area (Å²) in [6.45, 7) is 2.25. The standard InChI is InChI=1S/C31H28ClN3O6/c1-19-22(8-5-9-25(19)21-6-3-2-4-7-21)17-40-29-12-28-23(11-26(29)32)15-34-27(31(37)38)18-41-35-30(36)24-10-20(16-39-28)13-33-14-24/h2-14,27,34H,15-18H2,1H3,(H,35,36)(H,37,38)/t27-/m0/s1. The Hall–Kier alpha value is -4.44. The van der Waals surface area contributed by atoms with Crippen LogP contribution in [-0.4, -0.2) is 34.6 Å². The van der Waals surface area contributed by atoms with Gasteiger partial charge in [0.25, 0.3) is 5.91 Å². The molecule has 2 heterocycles. The molecular weight excluding hydrogens is 546 g/mol. The molecule has 0 fully saturated rings. The van der Waals surface area contributed by atoms with Crippen molar-refractivity contribution in [3.05, 3.63) is 112 Å². The summed E-state index contributed by atoms with van der Waals surface area (Å²) in [5, 5.41) is 12.9. The Bertz CT molecular complexity index is 1560. The molecule has 3 N–H and O–H groups in total. The van der Waals surface area contributed by atoms with Crippen molar-refractivity contribution >= 4 is 23.5 Å². The third-order valence-corrected chi connectivity index (χ3v) is 7.03. The maximum absolute atomic E-state index is 12.4. The van der Waals surface area contributed by atoms with Crippen molar-refractivity contribution in [1.29, 1.82) is 0 Å². The molecule has 9 nitrogen and oxygen atoms in total. The smallest absolute Gasteiger partial charge is 0.323 e. The summed E-state index contributed by atoms with van der Waals surface area (Å²) in [5.74, 6) is -0.823. The summed E-state index contributed by atoms with van der Waals surface area (Å²) in [7, 11) is 0. The first-order valence-electron chi connectivity index (χ1n) is 12.9. The van der Waals surface area contributed by atoms with Gasteiger partial charge in [-0.25, -0.2) is 5.48 Å². The van der Waals surface area contributed by atoms with E-state index in [1.165, 1.54) is 6.20 Å². The Labute approximate surface area is 242 Å². The van der Waals surface area contributed by atoms with Gasteiger partial charge in [-0.1, -0.05) is 60.1 Å². The number of carboxylic acids is 1. The van der Waals surface area contributed by atoms with E-state index in [4.69, 9.17) is 25.9 Å². The number of rotatable bonds is 5. The first kappa shape index (κ1) is 28.1. The van der Waals surface area contributed by atoms with E-state index in [2.05, 4.69) is 40.9 Å². The highest BCUT2D eigenvalue weighted by Crippen LogP contribution is 2.35. The van der Waals surface area contributed by atoms with Crippen LogP contribution in [0.2, 0.25) is 5.02 Å². The molecule has 3 aromatic carbocycles. The van der Waals surface area contributed by atoms with Crippen LogP contribution in [0.5, 0.6) is 11.5 Å². The van der Waals surface area contributed by atoms with E-state index in [0.29, 0.717) is 27.6 Å². The number of fused-ring (bicyclic) bond motifs is 3. The number of carbonyl (C=O) groups is 2. The number of ether oxygens (including phenoxy) is 2. The monoisotopic (exact) mass is 573 g/mol. The third-order valence-electron chi connectivity index (χ3n) is 6.73. The molecule has 210 valence electrons. The molecule has 1 amide bonds. The van der Waals surface area contributed by atoms with E-state index in [1.807, 2.05) is 30.3 Å². The average molecular weight is 574 g/mol. The summed E-state index contributed by atoms with van der Waals surface area (Å²) in [5.41, 5.74) is 8.14. The van der Waals surface area contributed by atoms with Crippen LogP contribution < -0.4 is 20.3 Å². The summed E-state index contributed by atoms with van der Waals surface area (Å²) in [6, 6.07) is 20.1. The minimum absolute atomic E-state index is 0.101. The van der Waals surface area contributed by atoms with Gasteiger partial charge in [0, 0.05) is 36.1 Å². The predicted octanol–water partition coefficient (Wildman–Crippen LogP) is 5.09. The highest BCUT2D eigenvalue weighted by atomic mass is 35.5. The molecule has 1 atom stereocenters. The summed E-state index contributed by atoms with van der Waals surface area (Å²) < 4.78 is 12.3. The Morgan fingerprint density at radius 3 is 2.73 bits per heavy atom. The number of hydrogen-bond donors (Lipinski definition) is 3. The predicted molar refractivity (Wildman–Crippen MR) is 153 cm³/mol. The number of nitrogens with one attached hydrogen (secondary N) is 2. The molecule has 0 saturated carbocycles. The fraction of sp³-hybridized carbons (Fsp3) is 0.194. The van der Waals surface area contributed by atoms with E-state index in [9.17, 15) is 14.7 Å². The Kier molecular flexibility index (Phi) is 8.79. The number of amides is 1. The third kappa shape index (κ3) is 6.83. The van der Waals surface area contributed by atoms with Gasteiger partial charge in [0.1, 0.15) is 37.4 Å². The fourth-order valence-corrected chi connectivity index (χ4v) is 4.68. The summed E-state index contributed by atoms with van der Waals surface area (Å²) in [6.07, 6.45) is 2.98. The van der Waals surface area contributed by atoms with Crippen LogP contribution in [0.25, 0.3) is 11.1 Å². The maximum atomic E-state index is 12.4. The van der Waals surface area contributed by atoms with Crippen molar-refractivity contribution in [3.63, 3.8) is 0 Å². The zero-order valence-electron chi connectivity index (χ0n) is 22.2. The van der Waals surface area contributed by atoms with Crippen molar-refractivity contribution < 1.29 is 29.0 Å². The van der Waals surface area contributed by atoms with E-state index < -0.39 is 17.9 Å². The molecule has 0 saturated heterocycles. The lowest BCUT2D eigenvalue weighted by Crippen LogP contribution is -2.42. The van der Waals surface area contributed by atoms with Gasteiger partial charge in [0.2, 0.25) is 0 Å². The van der Waals surface area contributed by atoms with Gasteiger partial charge in [0.05, 0.1) is 10.6 Å². The molecule has 0 radical (unpaired) electrons. The first-order valence-corrected chi connectivity index (χ1v) is 13.3. The quantitative estimate of drug-likeness (QED) is 0.302. The lowest BCUT2D eigenvalue weighted by Gasteiger charge is -2.19. The number of aromatic nitrogens is 1. The van der Waals surface area contributed by atoms with E-state index >= 15 is 0 Å². The molecule has 10 heteroatoms. The van der Waals surface area contributed by atoms with Gasteiger partial charge in [-0.2, -0.15) is 0 Å². The number of hydroxylamine groups is 1. The average Bonchev–Trinajstić information content (AvgIpc) is 2.98. The molecule has 5 rings (SSSR count). The highest BCUT2D eigenvalue weighted by Gasteiger charge is 2.21. The maximum Gasteiger partial charge on any atom is 0.323 e. The van der Waals surface area contributed by atoms with Crippen LogP contribution in [0.3, 0.4) is 0 Å². The van der Waals surface area contributed by atoms with Crippen LogP contribution in [0.1, 0.15) is 32.6 Å². The number of aliphatic carboxylic acids is 1. The number of benzene rings is 3. The molecule has 1 aliphatic heterocycles. The van der Waals surface area contributed by atoms with Gasteiger partial charge in [-0.3, -0.25) is 24.7 Å². The van der Waals surface area contributed by atoms with Crippen LogP contribution in [0, 0.1) is 6.92 Å². The van der Waals surface area contributed by atoms with Crippen molar-refractivity contribution in [2.24, 2.45) is 0 Å². The lowest BCUT2D eigenvalue weighted by atomic mass is 9.97. The molecule has 2 bridgehead atoms. The van der Waals surface area contributed by atoms with Crippen molar-refractivity contribution in [3.8, 4) is 22.6 Å². The molecule has 41 heavy (non-hydrogen) atoms. The largest absolute Gasteiger partial charge is 0.488 e. The fourth-order valence-electron chi connectivity index (χ4n) is 4.44. The number of pyridine rings is 1. The SMILES string of the molecule is Cc1c(COc2cc3c(cc2Cl)CN[C@H](C(=O)O)CONC(=O)c2cncc(c2)CO3)cccc1-c1ccccc1. The minimum atomic E-state index is -1.14. The second-order valence-corrected chi connectivity index (χ2v) is 9.93. The molecule has 0 spiro atoms. The van der Waals surface area contributed by atoms with E-state index in [-0.39, 0.29) is 31.9 Å². The number of hydrogen-bond acceptors (Lipinski definition) is 7. The van der Waals surface area contributed by atoms with E-state index in [1.54, 1.807) is 24.4 Å². The van der Waals surface area contributed by atoms with Gasteiger partial charge in [-0.05, 0) is 41.3 Å². The zero-order chi connectivity index (χ0) is 28.8. The number of carbonyl (C=O) groups excluding carboxylic acids is 1. The molecule has 0 unspecified atom stereocenters. The second-order valence-electron chi connectivity index (χ2n) is 9.52. The van der Waals surface area contributed by atoms with Gasteiger partial charge >= 0.3 is 5.97 Å². The molecule has 1 aromatic heterocycles. The molecule has 4 aromatic rings. The Morgan fingerprint density at radius 2 is 1.93 bits per heavy atom. The Morgan fingerprint density at radius 1 is 1.10 bits per heavy atom. The number of halogens is 1. The normalized spacial score (nSPS) is 15.6. The number of nitrogens with zero attached hydrogens (tertiary/aromatic N) is 1. The Balaban J connectivity index is 1.42. The van der Waals surface area contributed by atoms with Crippen molar-refractivity contribution in [1.82, 2.24) is 15.8 Å². The van der Waals surface area contributed by atoms with Gasteiger partial charge < -0.3 is 14.6 Å².